The molecule has 1 aromatic heterocycles. The van der Waals surface area contributed by atoms with E-state index in [9.17, 15) is 18.0 Å². The van der Waals surface area contributed by atoms with E-state index in [1.165, 1.54) is 29.7 Å². The van der Waals surface area contributed by atoms with Crippen LogP contribution in [-0.2, 0) is 28.6 Å². The van der Waals surface area contributed by atoms with Gasteiger partial charge in [0.1, 0.15) is 0 Å². The smallest absolute Gasteiger partial charge is 0.475 e. The number of aliphatic carboxylic acids is 1. The molecule has 0 atom stereocenters. The lowest BCUT2D eigenvalue weighted by atomic mass is 9.67. The summed E-state index contributed by atoms with van der Waals surface area (Å²) in [6, 6.07) is 8.67. The number of carbonyl (C=O) groups excluding carboxylic acids is 1. The molecule has 0 bridgehead atoms. The number of rotatable bonds is 4. The minimum Gasteiger partial charge on any atom is -0.475 e. The lowest BCUT2D eigenvalue weighted by Crippen LogP contribution is -2.50. The molecule has 2 aromatic rings. The number of anilines is 1. The zero-order valence-corrected chi connectivity index (χ0v) is 19.1. The van der Waals surface area contributed by atoms with Gasteiger partial charge in [-0.1, -0.05) is 18.2 Å². The van der Waals surface area contributed by atoms with E-state index in [1.54, 1.807) is 0 Å². The van der Waals surface area contributed by atoms with Crippen LogP contribution in [0.25, 0.3) is 0 Å². The molecule has 1 saturated heterocycles. The number of aryl methyl sites for hydroxylation is 1. The Morgan fingerprint density at radius 1 is 1.21 bits per heavy atom. The van der Waals surface area contributed by atoms with Crippen LogP contribution < -0.4 is 4.90 Å². The van der Waals surface area contributed by atoms with Crippen LogP contribution in [0.3, 0.4) is 0 Å². The first-order valence-corrected chi connectivity index (χ1v) is 11.5. The van der Waals surface area contributed by atoms with Crippen molar-refractivity contribution < 1.29 is 27.9 Å². The second kappa shape index (κ2) is 9.40. The van der Waals surface area contributed by atoms with Crippen molar-refractivity contribution in [3.05, 3.63) is 47.8 Å². The first-order valence-electron chi connectivity index (χ1n) is 11.5. The maximum atomic E-state index is 13.1. The zero-order chi connectivity index (χ0) is 24.5. The molecule has 1 amide bonds. The van der Waals surface area contributed by atoms with Crippen molar-refractivity contribution >= 4 is 17.6 Å². The average molecular weight is 479 g/mol. The van der Waals surface area contributed by atoms with Crippen LogP contribution in [0.5, 0.6) is 0 Å². The van der Waals surface area contributed by atoms with Gasteiger partial charge in [0.15, 0.2) is 0 Å². The number of fused-ring (bicyclic) bond motifs is 2. The van der Waals surface area contributed by atoms with E-state index in [-0.39, 0.29) is 5.41 Å². The van der Waals surface area contributed by atoms with Gasteiger partial charge in [0, 0.05) is 49.4 Å². The van der Waals surface area contributed by atoms with Crippen LogP contribution in [0.4, 0.5) is 18.9 Å². The minimum absolute atomic E-state index is 0.0269. The Balaban J connectivity index is 0.000000344. The predicted octanol–water partition coefficient (Wildman–Crippen LogP) is 3.73. The third-order valence-corrected chi connectivity index (χ3v) is 6.91. The highest BCUT2D eigenvalue weighted by molar-refractivity contribution is 5.98. The molecule has 1 saturated carbocycles. The Labute approximate surface area is 196 Å². The first-order chi connectivity index (χ1) is 16.1. The van der Waals surface area contributed by atoms with Crippen LogP contribution >= 0.6 is 0 Å². The van der Waals surface area contributed by atoms with Crippen LogP contribution in [-0.4, -0.2) is 57.5 Å². The number of piperidine rings is 1. The fourth-order valence-electron chi connectivity index (χ4n) is 4.93. The van der Waals surface area contributed by atoms with Crippen LogP contribution in [0.1, 0.15) is 43.2 Å². The van der Waals surface area contributed by atoms with E-state index in [2.05, 4.69) is 45.4 Å². The summed E-state index contributed by atoms with van der Waals surface area (Å²) >= 11 is 0. The molecule has 34 heavy (non-hydrogen) atoms. The molecule has 184 valence electrons. The molecule has 1 aromatic carbocycles. The third kappa shape index (κ3) is 5.43. The van der Waals surface area contributed by atoms with Crippen LogP contribution in [0.15, 0.2) is 36.7 Å². The van der Waals surface area contributed by atoms with E-state index in [0.29, 0.717) is 12.3 Å². The summed E-state index contributed by atoms with van der Waals surface area (Å²) in [6.07, 6.45) is 4.33. The normalized spacial score (nSPS) is 20.0. The van der Waals surface area contributed by atoms with E-state index >= 15 is 0 Å². The Bertz CT molecular complexity index is 1040. The Kier molecular flexibility index (Phi) is 6.71. The Hall–Kier alpha value is -2.88. The van der Waals surface area contributed by atoms with Crippen molar-refractivity contribution in [1.29, 1.82) is 0 Å². The summed E-state index contributed by atoms with van der Waals surface area (Å²) in [4.78, 5) is 26.6. The maximum Gasteiger partial charge on any atom is 0.490 e. The number of para-hydroxylation sites is 1. The first kappa shape index (κ1) is 24.3. The largest absolute Gasteiger partial charge is 0.490 e. The van der Waals surface area contributed by atoms with Crippen molar-refractivity contribution in [3.63, 3.8) is 0 Å². The molecule has 3 aliphatic rings. The molecule has 2 fully saturated rings. The number of alkyl halides is 3. The second-order valence-corrected chi connectivity index (χ2v) is 9.52. The van der Waals surface area contributed by atoms with Gasteiger partial charge in [-0.3, -0.25) is 14.4 Å². The van der Waals surface area contributed by atoms with Crippen LogP contribution in [0, 0.1) is 5.92 Å². The van der Waals surface area contributed by atoms with E-state index in [1.807, 2.05) is 17.9 Å². The Morgan fingerprint density at radius 2 is 1.85 bits per heavy atom. The van der Waals surface area contributed by atoms with Crippen LogP contribution in [0.2, 0.25) is 0 Å². The van der Waals surface area contributed by atoms with Gasteiger partial charge >= 0.3 is 12.1 Å². The maximum absolute atomic E-state index is 13.1. The van der Waals surface area contributed by atoms with E-state index in [0.717, 1.165) is 44.9 Å². The summed E-state index contributed by atoms with van der Waals surface area (Å²) < 4.78 is 33.6. The molecule has 1 aliphatic carbocycles. The number of nitrogens with zero attached hydrogens (tertiary/aromatic N) is 4. The average Bonchev–Trinajstić information content (AvgIpc) is 3.52. The number of hydrogen-bond acceptors (Lipinski definition) is 4. The fraction of sp³-hybridized carbons (Fsp3) is 0.542. The number of likely N-dealkylation sites (tertiary alicyclic amines) is 1. The third-order valence-electron chi connectivity index (χ3n) is 6.91. The van der Waals surface area contributed by atoms with Crippen molar-refractivity contribution in [1.82, 2.24) is 14.7 Å². The number of benzene rings is 1. The molecular weight excluding hydrogens is 449 g/mol. The lowest BCUT2D eigenvalue weighted by Gasteiger charge is -2.47. The molecule has 0 unspecified atom stereocenters. The number of carboxylic acid groups (broad SMARTS) is 1. The lowest BCUT2D eigenvalue weighted by molar-refractivity contribution is -0.192. The number of aromatic nitrogens is 2. The standard InChI is InChI=1S/C22H28N4O.C2HF3O2/c1-24-14-18(13-23-24)15-25-10-8-22(9-11-25)12-21(27)26(16-17-6-7-17)20-5-3-2-4-19(20)22;3-2(4,5)1(6)7/h2-5,13-14,17H,6-12,15-16H2,1H3;(H,6,7). The van der Waals surface area contributed by atoms with Gasteiger partial charge in [-0.2, -0.15) is 18.3 Å². The highest BCUT2D eigenvalue weighted by Gasteiger charge is 2.45. The molecule has 7 nitrogen and oxygen atoms in total. The molecule has 3 heterocycles. The molecule has 1 spiro atoms. The van der Waals surface area contributed by atoms with E-state index in [4.69, 9.17) is 9.90 Å². The molecule has 0 radical (unpaired) electrons. The molecule has 1 N–H and O–H groups in total. The quantitative estimate of drug-likeness (QED) is 0.725. The van der Waals surface area contributed by atoms with Crippen molar-refractivity contribution in [2.45, 2.75) is 50.2 Å². The highest BCUT2D eigenvalue weighted by atomic mass is 19.4. The summed E-state index contributed by atoms with van der Waals surface area (Å²) in [7, 11) is 1.96. The minimum atomic E-state index is -5.08. The summed E-state index contributed by atoms with van der Waals surface area (Å²) in [5.41, 5.74) is 3.89. The Morgan fingerprint density at radius 3 is 2.41 bits per heavy atom. The molecular formula is C24H29F3N4O3. The zero-order valence-electron chi connectivity index (χ0n) is 19.1. The number of carboxylic acids is 1. The van der Waals surface area contributed by atoms with Gasteiger partial charge in [-0.25, -0.2) is 4.79 Å². The number of halogens is 3. The molecule has 10 heteroatoms. The number of amides is 1. The SMILES string of the molecule is Cn1cc(CN2CCC3(CC2)CC(=O)N(CC2CC2)c2ccccc23)cn1.O=C(O)C(F)(F)F. The van der Waals surface area contributed by atoms with Gasteiger partial charge in [0.05, 0.1) is 6.20 Å². The van der Waals surface area contributed by atoms with Gasteiger partial charge in [-0.15, -0.1) is 0 Å². The second-order valence-electron chi connectivity index (χ2n) is 9.52. The predicted molar refractivity (Wildman–Crippen MR) is 119 cm³/mol. The fourth-order valence-corrected chi connectivity index (χ4v) is 4.93. The summed E-state index contributed by atoms with van der Waals surface area (Å²) in [5, 5.41) is 11.4. The van der Waals surface area contributed by atoms with Crippen molar-refractivity contribution in [3.8, 4) is 0 Å². The van der Waals surface area contributed by atoms with Gasteiger partial charge in [-0.05, 0) is 56.3 Å². The van der Waals surface area contributed by atoms with Gasteiger partial charge in [0.2, 0.25) is 5.91 Å². The topological polar surface area (TPSA) is 78.7 Å². The van der Waals surface area contributed by atoms with Crippen molar-refractivity contribution in [2.75, 3.05) is 24.5 Å². The number of carbonyl (C=O) groups is 2. The molecule has 5 rings (SSSR count). The highest BCUT2D eigenvalue weighted by Crippen LogP contribution is 2.48. The van der Waals surface area contributed by atoms with Gasteiger partial charge in [0.25, 0.3) is 0 Å². The summed E-state index contributed by atoms with van der Waals surface area (Å²) in [5.74, 6) is -1.70. The monoisotopic (exact) mass is 478 g/mol. The van der Waals surface area contributed by atoms with Gasteiger partial charge < -0.3 is 10.0 Å². The van der Waals surface area contributed by atoms with E-state index < -0.39 is 12.1 Å². The molecule has 2 aliphatic heterocycles. The van der Waals surface area contributed by atoms with Crippen molar-refractivity contribution in [2.24, 2.45) is 13.0 Å². The number of hydrogen-bond donors (Lipinski definition) is 1. The summed E-state index contributed by atoms with van der Waals surface area (Å²) in [6.45, 7) is 3.95.